The number of rotatable bonds is 33. The molecule has 0 fully saturated rings. The van der Waals surface area contributed by atoms with E-state index in [4.69, 9.17) is 11.5 Å². The van der Waals surface area contributed by atoms with Gasteiger partial charge in [-0.05, 0) is 69.0 Å². The molecule has 9 atom stereocenters. The van der Waals surface area contributed by atoms with Crippen molar-refractivity contribution in [2.24, 2.45) is 23.3 Å². The van der Waals surface area contributed by atoms with Gasteiger partial charge in [0.25, 0.3) is 0 Å². The normalized spacial score (nSPS) is 14.7. The Balaban J connectivity index is 2.08. The van der Waals surface area contributed by atoms with E-state index in [2.05, 4.69) is 47.9 Å². The van der Waals surface area contributed by atoms with Crippen LogP contribution < -0.4 is 59.3 Å². The molecule has 25 heteroatoms. The van der Waals surface area contributed by atoms with E-state index in [1.165, 1.54) is 13.8 Å². The van der Waals surface area contributed by atoms with E-state index in [1.54, 1.807) is 88.4 Å². The Hall–Kier alpha value is -7.51. The van der Waals surface area contributed by atoms with Gasteiger partial charge in [-0.25, -0.2) is 4.79 Å². The van der Waals surface area contributed by atoms with Crippen LogP contribution in [-0.4, -0.2) is 154 Å². The number of nitrogens with two attached hydrogens (primary N) is 2. The van der Waals surface area contributed by atoms with Crippen molar-refractivity contribution >= 4 is 65.1 Å². The highest BCUT2D eigenvalue weighted by atomic mass is 16.4. The van der Waals surface area contributed by atoms with Crippen molar-refractivity contribution < 1.29 is 68.1 Å². The number of carbonyl (C=O) groups excluding carboxylic acids is 9. The quantitative estimate of drug-likeness (QED) is 0.0322. The summed E-state index contributed by atoms with van der Waals surface area (Å²) in [6, 6.07) is 5.12. The lowest BCUT2D eigenvalue weighted by molar-refractivity contribution is -0.142. The first-order valence-corrected chi connectivity index (χ1v) is 24.7. The van der Waals surface area contributed by atoms with Crippen LogP contribution >= 0.6 is 0 Å². The van der Waals surface area contributed by atoms with Crippen molar-refractivity contribution in [2.45, 2.75) is 141 Å². The third-order valence-corrected chi connectivity index (χ3v) is 11.5. The average Bonchev–Trinajstić information content (AvgIpc) is 3.35. The Bertz CT molecular complexity index is 2250. The van der Waals surface area contributed by atoms with Crippen molar-refractivity contribution in [1.29, 1.82) is 0 Å². The van der Waals surface area contributed by atoms with Crippen molar-refractivity contribution in [1.82, 2.24) is 47.9 Å². The highest BCUT2D eigenvalue weighted by molar-refractivity contribution is 5.98. The number of benzene rings is 2. The lowest BCUT2D eigenvalue weighted by Gasteiger charge is -2.26. The number of nitrogens with one attached hydrogen (secondary N) is 9. The molecule has 2 rings (SSSR count). The molecule has 9 amide bonds. The number of hydrogen-bond acceptors (Lipinski definition) is 14. The molecule has 0 unspecified atom stereocenters. The maximum Gasteiger partial charge on any atom is 0.326 e. The second kappa shape index (κ2) is 32.6. The molecule has 0 saturated heterocycles. The Kier molecular flexibility index (Phi) is 27.7. The van der Waals surface area contributed by atoms with Crippen LogP contribution in [0, 0.1) is 11.8 Å². The van der Waals surface area contributed by atoms with Gasteiger partial charge in [0.2, 0.25) is 53.2 Å². The van der Waals surface area contributed by atoms with Crippen LogP contribution in [-0.2, 0) is 65.6 Å². The second-order valence-corrected chi connectivity index (χ2v) is 18.8. The molecule has 16 N–H and O–H groups in total. The second-order valence-electron chi connectivity index (χ2n) is 18.8. The Morgan fingerprint density at radius 1 is 0.507 bits per heavy atom. The molecule has 0 heterocycles. The summed E-state index contributed by atoms with van der Waals surface area (Å²) in [5.41, 5.74) is 12.9. The number of unbranched alkanes of at least 4 members (excludes halogenated alkanes) is 1. The smallest absolute Gasteiger partial charge is 0.326 e. The first-order chi connectivity index (χ1) is 35.4. The van der Waals surface area contributed by atoms with Gasteiger partial charge in [-0.1, -0.05) is 88.4 Å². The maximum absolute atomic E-state index is 13.6. The van der Waals surface area contributed by atoms with Crippen LogP contribution in [0.25, 0.3) is 0 Å². The standard InChI is InChI=1S/C50H75N11O14/c1-27(2)21-34(46(70)54-29(5)42(66)57-33(19-13-14-20-51)45(69)61-37(50(74)75)23-32-17-11-8-12-18-32)59-48(72)38(26-62)56-39(63)25-53-44(68)36(24-40(64)65)58-43(67)30(6)55-47(71)35(22-31-15-9-7-10-16-31)60-49(73)41(52)28(3)4/h7-12,15-18,27-30,33-38,41,62H,13-14,19-26,51-52H2,1-6H3,(H,53,68)(H,54,70)(H,55,71)(H,56,63)(H,57,66)(H,58,67)(H,59,72)(H,60,73)(H,61,69)(H,64,65)(H,74,75)/t29-,30-,33-,34-,35-,36-,37-,38-,41-/m0/s1. The molecule has 0 aromatic heterocycles. The molecule has 2 aromatic rings. The minimum atomic E-state index is -1.78. The van der Waals surface area contributed by atoms with E-state index in [0.717, 1.165) is 0 Å². The predicted molar refractivity (Wildman–Crippen MR) is 272 cm³/mol. The SMILES string of the molecule is CC(C)C[C@H](NC(=O)[C@H](CO)NC(=O)CNC(=O)[C@H](CC(=O)O)NC(=O)[C@H](C)NC(=O)[C@H](Cc1ccccc1)NC(=O)[C@@H](N)C(C)C)C(=O)N[C@@H](C)C(=O)N[C@@H](CCCCN)C(=O)N[C@@H](Cc1ccccc1)C(=O)O. The first-order valence-electron chi connectivity index (χ1n) is 24.7. The van der Waals surface area contributed by atoms with Gasteiger partial charge in [0.1, 0.15) is 48.3 Å². The highest BCUT2D eigenvalue weighted by Gasteiger charge is 2.33. The van der Waals surface area contributed by atoms with Gasteiger partial charge in [-0.2, -0.15) is 0 Å². The van der Waals surface area contributed by atoms with Crippen LogP contribution in [0.2, 0.25) is 0 Å². The zero-order valence-corrected chi connectivity index (χ0v) is 43.2. The number of hydrogen-bond donors (Lipinski definition) is 14. The average molecular weight is 1050 g/mol. The predicted octanol–water partition coefficient (Wildman–Crippen LogP) is -2.78. The van der Waals surface area contributed by atoms with Crippen LogP contribution in [0.4, 0.5) is 0 Å². The number of amides is 9. The fraction of sp³-hybridized carbons (Fsp3) is 0.540. The summed E-state index contributed by atoms with van der Waals surface area (Å²) < 4.78 is 0. The van der Waals surface area contributed by atoms with Crippen LogP contribution in [0.15, 0.2) is 60.7 Å². The minimum absolute atomic E-state index is 0.00694. The summed E-state index contributed by atoms with van der Waals surface area (Å²) in [6.07, 6.45) is 0.0108. The lowest BCUT2D eigenvalue weighted by atomic mass is 10.0. The van der Waals surface area contributed by atoms with Crippen molar-refractivity contribution in [3.05, 3.63) is 71.8 Å². The number of carboxylic acids is 2. The van der Waals surface area contributed by atoms with E-state index in [9.17, 15) is 68.1 Å². The van der Waals surface area contributed by atoms with Gasteiger partial charge in [0, 0.05) is 12.8 Å². The number of carbonyl (C=O) groups is 11. The fourth-order valence-electron chi connectivity index (χ4n) is 7.16. The summed E-state index contributed by atoms with van der Waals surface area (Å²) >= 11 is 0. The number of aliphatic hydroxyl groups excluding tert-OH is 1. The van der Waals surface area contributed by atoms with Gasteiger partial charge < -0.3 is 74.6 Å². The van der Waals surface area contributed by atoms with Crippen molar-refractivity contribution in [3.8, 4) is 0 Å². The first kappa shape index (κ1) is 63.6. The van der Waals surface area contributed by atoms with Crippen LogP contribution in [0.5, 0.6) is 0 Å². The number of aliphatic carboxylic acids is 2. The molecule has 0 aliphatic rings. The number of carboxylic acid groups (broad SMARTS) is 2. The van der Waals surface area contributed by atoms with Crippen LogP contribution in [0.1, 0.15) is 84.8 Å². The topological polar surface area (TPSA) is 409 Å². The summed E-state index contributed by atoms with van der Waals surface area (Å²) in [4.78, 5) is 143. The maximum atomic E-state index is 13.6. The minimum Gasteiger partial charge on any atom is -0.481 e. The largest absolute Gasteiger partial charge is 0.481 e. The third kappa shape index (κ3) is 23.5. The molecule has 0 spiro atoms. The van der Waals surface area contributed by atoms with E-state index in [0.29, 0.717) is 30.5 Å². The molecule has 0 bridgehead atoms. The van der Waals surface area contributed by atoms with Gasteiger partial charge in [-0.15, -0.1) is 0 Å². The Labute approximate surface area is 435 Å². The highest BCUT2D eigenvalue weighted by Crippen LogP contribution is 2.10. The zero-order chi connectivity index (χ0) is 56.4. The summed E-state index contributed by atoms with van der Waals surface area (Å²) in [6.45, 7) is 7.88. The molecular formula is C50H75N11O14. The van der Waals surface area contributed by atoms with Gasteiger partial charge in [0.15, 0.2) is 0 Å². The third-order valence-electron chi connectivity index (χ3n) is 11.5. The van der Waals surface area contributed by atoms with E-state index >= 15 is 0 Å². The Morgan fingerprint density at radius 2 is 0.960 bits per heavy atom. The van der Waals surface area contributed by atoms with Crippen molar-refractivity contribution in [2.75, 3.05) is 19.7 Å². The zero-order valence-electron chi connectivity index (χ0n) is 43.2. The monoisotopic (exact) mass is 1050 g/mol. The molecular weight excluding hydrogens is 979 g/mol. The van der Waals surface area contributed by atoms with Crippen molar-refractivity contribution in [3.63, 3.8) is 0 Å². The molecule has 414 valence electrons. The molecule has 0 saturated carbocycles. The fourth-order valence-corrected chi connectivity index (χ4v) is 7.16. The molecule has 2 aromatic carbocycles. The molecule has 0 radical (unpaired) electrons. The molecule has 75 heavy (non-hydrogen) atoms. The van der Waals surface area contributed by atoms with Gasteiger partial charge in [-0.3, -0.25) is 47.9 Å². The Morgan fingerprint density at radius 3 is 1.44 bits per heavy atom. The summed E-state index contributed by atoms with van der Waals surface area (Å²) in [5.74, 6) is -11.4. The van der Waals surface area contributed by atoms with Gasteiger partial charge in [0.05, 0.1) is 25.6 Å². The van der Waals surface area contributed by atoms with Gasteiger partial charge >= 0.3 is 11.9 Å². The molecule has 25 nitrogen and oxygen atoms in total. The summed E-state index contributed by atoms with van der Waals surface area (Å²) in [7, 11) is 0. The molecule has 0 aliphatic heterocycles. The van der Waals surface area contributed by atoms with Crippen LogP contribution in [0.3, 0.4) is 0 Å². The molecule has 0 aliphatic carbocycles. The summed E-state index contributed by atoms with van der Waals surface area (Å²) in [5, 5.41) is 51.0. The number of aliphatic hydroxyl groups is 1. The van der Waals surface area contributed by atoms with E-state index in [1.807, 2.05) is 0 Å². The lowest BCUT2D eigenvalue weighted by Crippen LogP contribution is -2.59. The van der Waals surface area contributed by atoms with E-state index in [-0.39, 0.29) is 37.5 Å². The van der Waals surface area contributed by atoms with E-state index < -0.39 is 139 Å².